The molecule has 1 aliphatic heterocycles. The SMILES string of the molecule is CC[C@@H](C)[C@H]([C@H](CC(=O)N1CCC[C@@H]1[C@@H](OC)[C@H](C)C(=O)N[C@@H](C)[C@H](O)c1ccccc1)OC)N(C)C(=O)C(NC(=O)[C@@H](C(C)C)N(C)C(=O)OCc1ccc(NC(=O)[C@H](CCCNC(N)=O)NC(=O)[C@@H](NC)C(C)C)cc1)C(C)C. The fraction of sp³-hybridized carbons (Fsp3) is 0.661. The quantitative estimate of drug-likeness (QED) is 0.0462. The Kier molecular flexibility index (Phi) is 28.5. The molecule has 0 bridgehead atoms. The summed E-state index contributed by atoms with van der Waals surface area (Å²) >= 11 is 0. The van der Waals surface area contributed by atoms with Crippen molar-refractivity contribution in [3.8, 4) is 0 Å². The van der Waals surface area contributed by atoms with Crippen molar-refractivity contribution in [1.82, 2.24) is 41.3 Å². The molecule has 0 saturated carbocycles. The molecule has 1 saturated heterocycles. The molecule has 2 aromatic carbocycles. The molecule has 1 heterocycles. The van der Waals surface area contributed by atoms with Gasteiger partial charge in [0.2, 0.25) is 35.4 Å². The molecule has 454 valence electrons. The molecule has 3 rings (SSSR count). The molecule has 0 spiro atoms. The third-order valence-electron chi connectivity index (χ3n) is 15.5. The summed E-state index contributed by atoms with van der Waals surface area (Å²) in [6, 6.07) is 9.81. The Hall–Kier alpha value is -6.36. The van der Waals surface area contributed by atoms with Gasteiger partial charge in [-0.3, -0.25) is 33.7 Å². The van der Waals surface area contributed by atoms with E-state index in [0.717, 1.165) is 0 Å². The van der Waals surface area contributed by atoms with Crippen molar-refractivity contribution >= 4 is 53.3 Å². The van der Waals surface area contributed by atoms with Crippen LogP contribution < -0.4 is 37.6 Å². The normalized spacial score (nSPS) is 17.5. The van der Waals surface area contributed by atoms with Gasteiger partial charge in [-0.1, -0.05) is 111 Å². The van der Waals surface area contributed by atoms with E-state index >= 15 is 0 Å². The van der Waals surface area contributed by atoms with E-state index < -0.39 is 108 Å². The summed E-state index contributed by atoms with van der Waals surface area (Å²) in [5.74, 6) is -3.99. The van der Waals surface area contributed by atoms with Crippen LogP contribution in [0.3, 0.4) is 0 Å². The van der Waals surface area contributed by atoms with E-state index in [1.165, 1.54) is 26.2 Å². The second-order valence-corrected chi connectivity index (χ2v) is 22.5. The predicted octanol–water partition coefficient (Wildman–Crippen LogP) is 4.69. The van der Waals surface area contributed by atoms with Crippen molar-refractivity contribution in [3.63, 3.8) is 0 Å². The minimum Gasteiger partial charge on any atom is -0.445 e. The zero-order chi connectivity index (χ0) is 60.8. The highest BCUT2D eigenvalue weighted by Gasteiger charge is 2.44. The summed E-state index contributed by atoms with van der Waals surface area (Å²) in [6.45, 7) is 18.9. The van der Waals surface area contributed by atoms with Gasteiger partial charge < -0.3 is 66.8 Å². The van der Waals surface area contributed by atoms with Crippen LogP contribution in [0, 0.1) is 29.6 Å². The number of methoxy groups -OCH3 is 2. The second-order valence-electron chi connectivity index (χ2n) is 22.5. The zero-order valence-electron chi connectivity index (χ0n) is 50.6. The van der Waals surface area contributed by atoms with Crippen LogP contribution in [-0.4, -0.2) is 170 Å². The molecule has 22 nitrogen and oxygen atoms in total. The number of nitrogens with two attached hydrogens (primary N) is 1. The number of amides is 9. The number of aliphatic hydroxyl groups excluding tert-OH is 1. The first-order chi connectivity index (χ1) is 38.2. The lowest BCUT2D eigenvalue weighted by atomic mass is 9.89. The Labute approximate surface area is 480 Å². The molecule has 0 aromatic heterocycles. The summed E-state index contributed by atoms with van der Waals surface area (Å²) in [7, 11) is 7.80. The number of primary amides is 1. The Morgan fingerprint density at radius 2 is 1.40 bits per heavy atom. The second kappa shape index (κ2) is 33.5. The molecule has 9 N–H and O–H groups in total. The van der Waals surface area contributed by atoms with Crippen molar-refractivity contribution in [2.24, 2.45) is 35.3 Å². The van der Waals surface area contributed by atoms with Gasteiger partial charge in [0.15, 0.2) is 0 Å². The number of likely N-dealkylation sites (N-methyl/N-ethyl adjacent to an activating group) is 3. The molecule has 2 aromatic rings. The number of nitrogens with one attached hydrogen (secondary N) is 6. The Morgan fingerprint density at radius 3 is 1.94 bits per heavy atom. The molecule has 12 atom stereocenters. The Morgan fingerprint density at radius 1 is 0.765 bits per heavy atom. The van der Waals surface area contributed by atoms with Gasteiger partial charge in [0.25, 0.3) is 0 Å². The van der Waals surface area contributed by atoms with Gasteiger partial charge in [0.1, 0.15) is 24.7 Å². The van der Waals surface area contributed by atoms with Gasteiger partial charge in [0, 0.05) is 47.1 Å². The average Bonchev–Trinajstić information content (AvgIpc) is 3.99. The minimum atomic E-state index is -1.05. The smallest absolute Gasteiger partial charge is 0.410 e. The Bertz CT molecular complexity index is 2340. The largest absolute Gasteiger partial charge is 0.445 e. The first kappa shape index (κ1) is 68.9. The van der Waals surface area contributed by atoms with Crippen molar-refractivity contribution < 1.29 is 57.7 Å². The number of likely N-dealkylation sites (tertiary alicyclic amines) is 1. The van der Waals surface area contributed by atoms with Crippen LogP contribution in [-0.2, 0) is 49.6 Å². The van der Waals surface area contributed by atoms with Gasteiger partial charge in [-0.05, 0) is 86.6 Å². The lowest BCUT2D eigenvalue weighted by Crippen LogP contribution is -2.60. The van der Waals surface area contributed by atoms with Crippen LogP contribution in [0.2, 0.25) is 0 Å². The number of aliphatic hydroxyl groups is 1. The molecule has 1 unspecified atom stereocenters. The summed E-state index contributed by atoms with van der Waals surface area (Å²) in [4.78, 5) is 113. The number of benzene rings is 2. The van der Waals surface area contributed by atoms with Gasteiger partial charge in [0.05, 0.1) is 54.8 Å². The topological polar surface area (TPSA) is 292 Å². The maximum absolute atomic E-state index is 14.7. The van der Waals surface area contributed by atoms with E-state index in [0.29, 0.717) is 49.0 Å². The standard InChI is InChI=1S/C59H96N10O12/c1-16-37(8)50(45(79-14)32-46(70)69-31-21-25-44(69)52(80-15)38(9)53(72)63-39(10)51(71)41-22-18-17-19-23-41)67(12)57(76)48(35(4)5)66-56(75)49(36(6)7)68(13)59(78)81-33-40-26-28-42(29-27-40)64-54(73)43(24-20-30-62-58(60)77)65-55(74)47(61-11)34(2)3/h17-19,22-23,26-29,34-39,43-45,47-52,61,71H,16,20-21,24-25,30-33H2,1-15H3,(H,63,72)(H,64,73)(H,65,74)(H,66,75)(H3,60,62,77)/t37-,38+,39+,43+,44-,45+,47+,48?,49-,50-,51+,52+/m1/s1. The first-order valence-corrected chi connectivity index (χ1v) is 28.5. The number of anilines is 1. The number of hydrogen-bond donors (Lipinski definition) is 8. The van der Waals surface area contributed by atoms with Crippen LogP contribution in [0.4, 0.5) is 15.3 Å². The van der Waals surface area contributed by atoms with Crippen molar-refractivity contribution in [2.75, 3.05) is 53.8 Å². The molecule has 1 fully saturated rings. The van der Waals surface area contributed by atoms with Gasteiger partial charge in [-0.15, -0.1) is 0 Å². The van der Waals surface area contributed by atoms with Crippen LogP contribution >= 0.6 is 0 Å². The summed E-state index contributed by atoms with van der Waals surface area (Å²) in [5, 5.41) is 27.9. The van der Waals surface area contributed by atoms with E-state index in [-0.39, 0.29) is 55.6 Å². The third-order valence-corrected chi connectivity index (χ3v) is 15.5. The number of nitrogens with zero attached hydrogens (tertiary/aromatic N) is 3. The maximum Gasteiger partial charge on any atom is 0.410 e. The van der Waals surface area contributed by atoms with E-state index in [2.05, 4.69) is 31.9 Å². The highest BCUT2D eigenvalue weighted by molar-refractivity contribution is 5.98. The van der Waals surface area contributed by atoms with Crippen LogP contribution in [0.5, 0.6) is 0 Å². The van der Waals surface area contributed by atoms with Crippen molar-refractivity contribution in [1.29, 1.82) is 0 Å². The number of hydrogen-bond acceptors (Lipinski definition) is 13. The maximum atomic E-state index is 14.7. The highest BCUT2D eigenvalue weighted by atomic mass is 16.6. The third kappa shape index (κ3) is 19.9. The number of carbonyl (C=O) groups is 8. The molecular formula is C59H96N10O12. The summed E-state index contributed by atoms with van der Waals surface area (Å²) in [6.07, 6.45) is -0.665. The number of urea groups is 1. The minimum absolute atomic E-state index is 0.0488. The number of carbonyl (C=O) groups excluding carboxylic acids is 8. The number of rotatable bonds is 32. The van der Waals surface area contributed by atoms with E-state index in [1.54, 1.807) is 88.0 Å². The van der Waals surface area contributed by atoms with E-state index in [1.807, 2.05) is 59.7 Å². The summed E-state index contributed by atoms with van der Waals surface area (Å²) < 4.78 is 17.7. The highest BCUT2D eigenvalue weighted by Crippen LogP contribution is 2.30. The Balaban J connectivity index is 1.71. The van der Waals surface area contributed by atoms with E-state index in [9.17, 15) is 43.5 Å². The lowest BCUT2D eigenvalue weighted by molar-refractivity contribution is -0.148. The molecule has 81 heavy (non-hydrogen) atoms. The van der Waals surface area contributed by atoms with Gasteiger partial charge in [-0.25, -0.2) is 9.59 Å². The lowest BCUT2D eigenvalue weighted by Gasteiger charge is -2.41. The van der Waals surface area contributed by atoms with Crippen molar-refractivity contribution in [2.45, 2.75) is 175 Å². The monoisotopic (exact) mass is 1140 g/mol. The van der Waals surface area contributed by atoms with Gasteiger partial charge in [-0.2, -0.15) is 0 Å². The summed E-state index contributed by atoms with van der Waals surface area (Å²) in [5.41, 5.74) is 6.86. The molecule has 0 aliphatic carbocycles. The van der Waals surface area contributed by atoms with Crippen LogP contribution in [0.25, 0.3) is 0 Å². The molecule has 0 radical (unpaired) electrons. The zero-order valence-corrected chi connectivity index (χ0v) is 50.6. The average molecular weight is 1140 g/mol. The van der Waals surface area contributed by atoms with Crippen LogP contribution in [0.15, 0.2) is 54.6 Å². The number of ether oxygens (including phenoxy) is 3. The molecular weight excluding hydrogens is 1040 g/mol. The first-order valence-electron chi connectivity index (χ1n) is 28.5. The van der Waals surface area contributed by atoms with Crippen molar-refractivity contribution in [3.05, 3.63) is 65.7 Å². The van der Waals surface area contributed by atoms with Crippen LogP contribution in [0.1, 0.15) is 125 Å². The molecule has 1 aliphatic rings. The van der Waals surface area contributed by atoms with Gasteiger partial charge >= 0.3 is 12.1 Å². The van der Waals surface area contributed by atoms with E-state index in [4.69, 9.17) is 19.9 Å². The fourth-order valence-electron chi connectivity index (χ4n) is 10.7. The predicted molar refractivity (Wildman–Crippen MR) is 310 cm³/mol. The fourth-order valence-corrected chi connectivity index (χ4v) is 10.7. The molecule has 22 heteroatoms. The molecule has 9 amide bonds.